The van der Waals surface area contributed by atoms with Crippen LogP contribution in [0.2, 0.25) is 0 Å². The van der Waals surface area contributed by atoms with Crippen molar-refractivity contribution in [2.75, 3.05) is 0 Å². The fourth-order valence-corrected chi connectivity index (χ4v) is 1.09. The van der Waals surface area contributed by atoms with Gasteiger partial charge >= 0.3 is 0 Å². The molecule has 2 N–H and O–H groups in total. The van der Waals surface area contributed by atoms with Crippen molar-refractivity contribution >= 4 is 0 Å². The molecule has 2 heteroatoms. The lowest BCUT2D eigenvalue weighted by molar-refractivity contribution is 0.502. The van der Waals surface area contributed by atoms with Gasteiger partial charge in [0.2, 0.25) is 0 Å². The molecule has 1 aromatic rings. The van der Waals surface area contributed by atoms with Crippen molar-refractivity contribution in [2.45, 2.75) is 26.8 Å². The fraction of sp³-hybridized carbons (Fsp3) is 0.500. The van der Waals surface area contributed by atoms with Gasteiger partial charge in [0.05, 0.1) is 5.69 Å². The summed E-state index contributed by atoms with van der Waals surface area (Å²) in [7, 11) is 0. The van der Waals surface area contributed by atoms with Crippen LogP contribution in [0, 0.1) is 12.8 Å². The number of hydrogen-bond acceptors (Lipinski definition) is 2. The Hall–Kier alpha value is -0.890. The molecule has 0 spiro atoms. The van der Waals surface area contributed by atoms with Crippen molar-refractivity contribution in [3.63, 3.8) is 0 Å². The number of hydrogen-bond donors (Lipinski definition) is 1. The maximum Gasteiger partial charge on any atom is 0.0576 e. The number of pyridine rings is 1. The maximum absolute atomic E-state index is 5.94. The Balaban J connectivity index is 2.88. The second-order valence-corrected chi connectivity index (χ2v) is 3.47. The summed E-state index contributed by atoms with van der Waals surface area (Å²) in [6, 6.07) is 6.03. The first-order valence-electron chi connectivity index (χ1n) is 4.30. The van der Waals surface area contributed by atoms with E-state index in [1.807, 2.05) is 25.1 Å². The minimum Gasteiger partial charge on any atom is -0.322 e. The molecule has 0 saturated carbocycles. The van der Waals surface area contributed by atoms with Crippen LogP contribution < -0.4 is 5.73 Å². The minimum atomic E-state index is 0.0601. The van der Waals surface area contributed by atoms with Crippen LogP contribution in [0.3, 0.4) is 0 Å². The topological polar surface area (TPSA) is 38.9 Å². The minimum absolute atomic E-state index is 0.0601. The van der Waals surface area contributed by atoms with E-state index < -0.39 is 0 Å². The largest absolute Gasteiger partial charge is 0.322 e. The highest BCUT2D eigenvalue weighted by Gasteiger charge is 2.10. The smallest absolute Gasteiger partial charge is 0.0576 e. The van der Waals surface area contributed by atoms with Crippen LogP contribution in [0.25, 0.3) is 0 Å². The first kappa shape index (κ1) is 9.20. The van der Waals surface area contributed by atoms with Gasteiger partial charge in [-0.1, -0.05) is 19.9 Å². The van der Waals surface area contributed by atoms with E-state index in [1.165, 1.54) is 0 Å². The van der Waals surface area contributed by atoms with Crippen molar-refractivity contribution < 1.29 is 0 Å². The standard InChI is InChI=1S/C10H16N2/c1-7(2)10(11)9-6-4-5-8(3)12-9/h4-7,10H,11H2,1-3H3/t10-/m1/s1. The highest BCUT2D eigenvalue weighted by atomic mass is 14.8. The highest BCUT2D eigenvalue weighted by molar-refractivity contribution is 5.13. The molecule has 0 aromatic carbocycles. The molecule has 0 amide bonds. The van der Waals surface area contributed by atoms with E-state index in [9.17, 15) is 0 Å². The van der Waals surface area contributed by atoms with Crippen molar-refractivity contribution in [1.82, 2.24) is 4.98 Å². The van der Waals surface area contributed by atoms with Crippen LogP contribution in [0.4, 0.5) is 0 Å². The summed E-state index contributed by atoms with van der Waals surface area (Å²) in [4.78, 5) is 4.37. The third-order valence-electron chi connectivity index (χ3n) is 1.97. The molecule has 2 nitrogen and oxygen atoms in total. The lowest BCUT2D eigenvalue weighted by Crippen LogP contribution is -2.18. The van der Waals surface area contributed by atoms with Gasteiger partial charge in [0.25, 0.3) is 0 Å². The van der Waals surface area contributed by atoms with Gasteiger partial charge in [-0.15, -0.1) is 0 Å². The average molecular weight is 164 g/mol. The zero-order chi connectivity index (χ0) is 9.14. The van der Waals surface area contributed by atoms with Gasteiger partial charge in [-0.3, -0.25) is 4.98 Å². The predicted octanol–water partition coefficient (Wildman–Crippen LogP) is 2.05. The molecule has 0 aliphatic rings. The van der Waals surface area contributed by atoms with Crippen LogP contribution in [0.1, 0.15) is 31.3 Å². The Kier molecular flexibility index (Phi) is 2.82. The van der Waals surface area contributed by atoms with Crippen LogP contribution in [-0.4, -0.2) is 4.98 Å². The van der Waals surface area contributed by atoms with Gasteiger partial charge < -0.3 is 5.73 Å². The first-order chi connectivity index (χ1) is 5.61. The Morgan fingerprint density at radius 1 is 1.33 bits per heavy atom. The molecule has 1 heterocycles. The van der Waals surface area contributed by atoms with Gasteiger partial charge in [-0.05, 0) is 25.0 Å². The first-order valence-corrected chi connectivity index (χ1v) is 4.30. The molecule has 0 aliphatic heterocycles. The predicted molar refractivity (Wildman–Crippen MR) is 50.7 cm³/mol. The van der Waals surface area contributed by atoms with E-state index >= 15 is 0 Å². The molecular weight excluding hydrogens is 148 g/mol. The van der Waals surface area contributed by atoms with E-state index in [2.05, 4.69) is 18.8 Å². The molecule has 66 valence electrons. The van der Waals surface area contributed by atoms with Crippen LogP contribution in [-0.2, 0) is 0 Å². The molecule has 1 aromatic heterocycles. The normalized spacial score (nSPS) is 13.4. The Morgan fingerprint density at radius 2 is 2.00 bits per heavy atom. The number of rotatable bonds is 2. The number of aromatic nitrogens is 1. The molecule has 0 saturated heterocycles. The number of nitrogens with zero attached hydrogens (tertiary/aromatic N) is 1. The summed E-state index contributed by atoms with van der Waals surface area (Å²) >= 11 is 0. The SMILES string of the molecule is Cc1cccc([C@H](N)C(C)C)n1. The zero-order valence-electron chi connectivity index (χ0n) is 7.91. The van der Waals surface area contributed by atoms with Gasteiger partial charge in [0.15, 0.2) is 0 Å². The van der Waals surface area contributed by atoms with Crippen molar-refractivity contribution in [3.8, 4) is 0 Å². The second-order valence-electron chi connectivity index (χ2n) is 3.47. The van der Waals surface area contributed by atoms with Crippen molar-refractivity contribution in [1.29, 1.82) is 0 Å². The zero-order valence-corrected chi connectivity index (χ0v) is 7.91. The van der Waals surface area contributed by atoms with E-state index in [1.54, 1.807) is 0 Å². The molecule has 0 unspecified atom stereocenters. The third kappa shape index (κ3) is 2.05. The molecule has 0 fully saturated rings. The molecule has 0 bridgehead atoms. The van der Waals surface area contributed by atoms with Crippen LogP contribution in [0.15, 0.2) is 18.2 Å². The van der Waals surface area contributed by atoms with Gasteiger partial charge in [-0.2, -0.15) is 0 Å². The quantitative estimate of drug-likeness (QED) is 0.726. The highest BCUT2D eigenvalue weighted by Crippen LogP contribution is 2.16. The molecule has 12 heavy (non-hydrogen) atoms. The van der Waals surface area contributed by atoms with E-state index in [0.717, 1.165) is 11.4 Å². The average Bonchev–Trinajstić information content (AvgIpc) is 2.03. The Morgan fingerprint density at radius 3 is 2.50 bits per heavy atom. The lowest BCUT2D eigenvalue weighted by atomic mass is 10.0. The van der Waals surface area contributed by atoms with Crippen molar-refractivity contribution in [2.24, 2.45) is 11.7 Å². The molecule has 0 radical (unpaired) electrons. The van der Waals surface area contributed by atoms with E-state index in [-0.39, 0.29) is 6.04 Å². The van der Waals surface area contributed by atoms with Gasteiger partial charge in [0.1, 0.15) is 0 Å². The third-order valence-corrected chi connectivity index (χ3v) is 1.97. The van der Waals surface area contributed by atoms with Gasteiger partial charge in [-0.25, -0.2) is 0 Å². The summed E-state index contributed by atoms with van der Waals surface area (Å²) in [5.74, 6) is 0.444. The molecule has 1 atom stereocenters. The lowest BCUT2D eigenvalue weighted by Gasteiger charge is -2.14. The summed E-state index contributed by atoms with van der Waals surface area (Å²) in [5, 5.41) is 0. The molecule has 0 aliphatic carbocycles. The fourth-order valence-electron chi connectivity index (χ4n) is 1.09. The number of aryl methyl sites for hydroxylation is 1. The van der Waals surface area contributed by atoms with Gasteiger partial charge in [0, 0.05) is 11.7 Å². The molecule has 1 rings (SSSR count). The Bertz CT molecular complexity index is 256. The van der Waals surface area contributed by atoms with Crippen LogP contribution in [0.5, 0.6) is 0 Å². The van der Waals surface area contributed by atoms with E-state index in [4.69, 9.17) is 5.73 Å². The Labute approximate surface area is 73.8 Å². The summed E-state index contributed by atoms with van der Waals surface area (Å²) < 4.78 is 0. The van der Waals surface area contributed by atoms with Crippen molar-refractivity contribution in [3.05, 3.63) is 29.6 Å². The van der Waals surface area contributed by atoms with Crippen LogP contribution >= 0.6 is 0 Å². The van der Waals surface area contributed by atoms with E-state index in [0.29, 0.717) is 5.92 Å². The maximum atomic E-state index is 5.94. The summed E-state index contributed by atoms with van der Waals surface area (Å²) in [6.07, 6.45) is 0. The summed E-state index contributed by atoms with van der Waals surface area (Å²) in [5.41, 5.74) is 7.97. The monoisotopic (exact) mass is 164 g/mol. The summed E-state index contributed by atoms with van der Waals surface area (Å²) in [6.45, 7) is 6.19. The second kappa shape index (κ2) is 3.68. The number of nitrogens with two attached hydrogens (primary N) is 1. The molecular formula is C10H16N2.